The van der Waals surface area contributed by atoms with E-state index in [1.54, 1.807) is 39.0 Å². The van der Waals surface area contributed by atoms with Crippen LogP contribution in [-0.4, -0.2) is 58.0 Å². The molecule has 0 aromatic heterocycles. The molecule has 0 aliphatic carbocycles. The van der Waals surface area contributed by atoms with E-state index in [-0.39, 0.29) is 47.5 Å². The molecule has 0 fully saturated rings. The molecule has 6 rings (SSSR count). The van der Waals surface area contributed by atoms with Crippen molar-refractivity contribution < 1.29 is 31.9 Å². The maximum absolute atomic E-state index is 15.7. The average molecular weight is 844 g/mol. The number of halogens is 2. The number of aryl methyl sites for hydroxylation is 1. The molecule has 2 unspecified atom stereocenters. The van der Waals surface area contributed by atoms with E-state index in [9.17, 15) is 9.90 Å². The number of nitrogens with zero attached hydrogens (tertiary/aromatic N) is 2. The fourth-order valence-corrected chi connectivity index (χ4v) is 15.2. The standard InChI is InChI=1S/C46H52ClFN2O6SSi/c1-31-23-24-40(48)42(32(31)2)33(3)43(45(51)52)50-30-49(25-26-56-58(46(5,6)7,37-19-13-9-14-20-37)38-21-15-10-16-22-38)41-28-36(47)27-39(44(41)57(50,53)54)34(4)55-29-35-17-11-8-12-18-35/h8-24,27-28,33-34,43H,25-26,29-30H2,1-7H3,(H,51,52)/t33?,34?,43-/m0/s1. The van der Waals surface area contributed by atoms with Crippen molar-refractivity contribution in [1.82, 2.24) is 4.31 Å². The Morgan fingerprint density at radius 1 is 0.897 bits per heavy atom. The topological polar surface area (TPSA) is 96.4 Å². The molecule has 58 heavy (non-hydrogen) atoms. The number of carboxylic acid groups (broad SMARTS) is 1. The fraction of sp³-hybridized carbons (Fsp3) is 0.326. The molecule has 0 amide bonds. The number of hydrogen-bond acceptors (Lipinski definition) is 6. The minimum Gasteiger partial charge on any atom is -0.480 e. The van der Waals surface area contributed by atoms with Gasteiger partial charge in [-0.25, -0.2) is 12.8 Å². The molecule has 1 aliphatic heterocycles. The Balaban J connectivity index is 1.47. The summed E-state index contributed by atoms with van der Waals surface area (Å²) in [6.07, 6.45) is -0.769. The summed E-state index contributed by atoms with van der Waals surface area (Å²) in [6, 6.07) is 34.3. The summed E-state index contributed by atoms with van der Waals surface area (Å²) < 4.78 is 60.4. The molecule has 0 bridgehead atoms. The van der Waals surface area contributed by atoms with E-state index in [1.165, 1.54) is 6.07 Å². The second kappa shape index (κ2) is 17.5. The van der Waals surface area contributed by atoms with Gasteiger partial charge in [0.15, 0.2) is 0 Å². The van der Waals surface area contributed by atoms with Crippen LogP contribution >= 0.6 is 11.6 Å². The number of benzene rings is 5. The van der Waals surface area contributed by atoms with Gasteiger partial charge in [-0.1, -0.05) is 136 Å². The quantitative estimate of drug-likeness (QED) is 0.112. The molecule has 12 heteroatoms. The van der Waals surface area contributed by atoms with Crippen LogP contribution in [0.5, 0.6) is 0 Å². The second-order valence-electron chi connectivity index (χ2n) is 16.1. The number of carbonyl (C=O) groups is 1. The Labute approximate surface area is 348 Å². The van der Waals surface area contributed by atoms with Crippen LogP contribution in [0, 0.1) is 19.7 Å². The van der Waals surface area contributed by atoms with Gasteiger partial charge in [-0.2, -0.15) is 4.31 Å². The van der Waals surface area contributed by atoms with Gasteiger partial charge in [0.1, 0.15) is 16.8 Å². The van der Waals surface area contributed by atoms with Gasteiger partial charge < -0.3 is 19.2 Å². The van der Waals surface area contributed by atoms with Gasteiger partial charge in [0.25, 0.3) is 8.32 Å². The lowest BCUT2D eigenvalue weighted by molar-refractivity contribution is -0.142. The number of ether oxygens (including phenoxy) is 1. The minimum atomic E-state index is -4.57. The van der Waals surface area contributed by atoms with E-state index >= 15 is 12.8 Å². The number of aliphatic carboxylic acids is 1. The van der Waals surface area contributed by atoms with Gasteiger partial charge in [0.2, 0.25) is 10.0 Å². The normalized spacial score (nSPS) is 16.1. The Morgan fingerprint density at radius 2 is 1.47 bits per heavy atom. The third kappa shape index (κ3) is 8.39. The molecular formula is C46H52ClFN2O6SSi. The van der Waals surface area contributed by atoms with Crippen molar-refractivity contribution in [2.45, 2.75) is 83.1 Å². The number of anilines is 1. The Hall–Kier alpha value is -4.36. The highest BCUT2D eigenvalue weighted by Gasteiger charge is 2.51. The predicted octanol–water partition coefficient (Wildman–Crippen LogP) is 8.98. The van der Waals surface area contributed by atoms with Crippen molar-refractivity contribution in [2.24, 2.45) is 0 Å². The summed E-state index contributed by atoms with van der Waals surface area (Å²) in [5.74, 6) is -3.05. The average Bonchev–Trinajstić information content (AvgIpc) is 3.19. The highest BCUT2D eigenvalue weighted by Crippen LogP contribution is 2.44. The first-order valence-electron chi connectivity index (χ1n) is 19.5. The number of sulfonamides is 1. The molecule has 1 heterocycles. The first-order valence-corrected chi connectivity index (χ1v) is 23.2. The lowest BCUT2D eigenvalue weighted by atomic mass is 9.87. The molecule has 0 radical (unpaired) electrons. The van der Waals surface area contributed by atoms with Gasteiger partial charge in [-0.3, -0.25) is 4.79 Å². The molecule has 0 saturated heterocycles. The SMILES string of the molecule is Cc1ccc(F)c(C(C)[C@@H](C(=O)O)N2CN(CCO[Si](c3ccccc3)(c3ccccc3)C(C)(C)C)c3cc(Cl)cc(C(C)OCc4ccccc4)c3S2(=O)=O)c1C. The van der Waals surface area contributed by atoms with Gasteiger partial charge in [0, 0.05) is 23.0 Å². The summed E-state index contributed by atoms with van der Waals surface area (Å²) in [4.78, 5) is 15.1. The van der Waals surface area contributed by atoms with E-state index in [2.05, 4.69) is 45.0 Å². The van der Waals surface area contributed by atoms with Crippen LogP contribution in [0.4, 0.5) is 10.1 Å². The Kier molecular flexibility index (Phi) is 13.0. The number of rotatable bonds is 14. The molecule has 3 atom stereocenters. The van der Waals surface area contributed by atoms with Gasteiger partial charge in [-0.15, -0.1) is 0 Å². The zero-order valence-electron chi connectivity index (χ0n) is 34.1. The van der Waals surface area contributed by atoms with E-state index in [0.29, 0.717) is 16.3 Å². The highest BCUT2D eigenvalue weighted by molar-refractivity contribution is 7.89. The number of fused-ring (bicyclic) bond motifs is 1. The fourth-order valence-electron chi connectivity index (χ4n) is 8.35. The number of hydrogen-bond donors (Lipinski definition) is 1. The van der Waals surface area contributed by atoms with Crippen molar-refractivity contribution in [3.05, 3.63) is 154 Å². The van der Waals surface area contributed by atoms with Gasteiger partial charge in [0.05, 0.1) is 31.7 Å². The molecule has 5 aromatic rings. The summed E-state index contributed by atoms with van der Waals surface area (Å²) in [6.45, 7) is 13.6. The maximum Gasteiger partial charge on any atom is 0.322 e. The Morgan fingerprint density at radius 3 is 2.02 bits per heavy atom. The lowest BCUT2D eigenvalue weighted by Gasteiger charge is -2.45. The van der Waals surface area contributed by atoms with E-state index in [1.807, 2.05) is 78.6 Å². The lowest BCUT2D eigenvalue weighted by Crippen LogP contribution is -2.67. The van der Waals surface area contributed by atoms with Crippen LogP contribution in [0.15, 0.2) is 120 Å². The first-order chi connectivity index (χ1) is 27.5. The van der Waals surface area contributed by atoms with Crippen molar-refractivity contribution in [1.29, 1.82) is 0 Å². The summed E-state index contributed by atoms with van der Waals surface area (Å²) in [5, 5.41) is 13.1. The monoisotopic (exact) mass is 842 g/mol. The molecule has 5 aromatic carbocycles. The van der Waals surface area contributed by atoms with Crippen LogP contribution in [0.3, 0.4) is 0 Å². The molecule has 1 N–H and O–H groups in total. The molecular weight excluding hydrogens is 791 g/mol. The predicted molar refractivity (Wildman–Crippen MR) is 232 cm³/mol. The van der Waals surface area contributed by atoms with Gasteiger partial charge >= 0.3 is 5.97 Å². The smallest absolute Gasteiger partial charge is 0.322 e. The summed E-state index contributed by atoms with van der Waals surface area (Å²) in [7, 11) is -7.58. The summed E-state index contributed by atoms with van der Waals surface area (Å²) in [5.41, 5.74) is 2.99. The van der Waals surface area contributed by atoms with Crippen molar-refractivity contribution >= 4 is 52.0 Å². The van der Waals surface area contributed by atoms with Crippen molar-refractivity contribution in [3.8, 4) is 0 Å². The minimum absolute atomic E-state index is 0.103. The van der Waals surface area contributed by atoms with E-state index < -0.39 is 48.2 Å². The first kappa shape index (κ1) is 43.2. The third-order valence-electron chi connectivity index (χ3n) is 11.4. The second-order valence-corrected chi connectivity index (χ2v) is 22.6. The molecule has 1 aliphatic rings. The molecule has 306 valence electrons. The maximum atomic E-state index is 15.7. The van der Waals surface area contributed by atoms with Crippen molar-refractivity contribution in [2.75, 3.05) is 24.7 Å². The third-order valence-corrected chi connectivity index (χ3v) is 18.6. The van der Waals surface area contributed by atoms with Crippen LogP contribution in [0.2, 0.25) is 10.1 Å². The number of carboxylic acids is 1. The molecule has 0 saturated carbocycles. The molecule has 8 nitrogen and oxygen atoms in total. The highest BCUT2D eigenvalue weighted by atomic mass is 35.5. The van der Waals surface area contributed by atoms with Crippen LogP contribution in [0.25, 0.3) is 0 Å². The Bertz CT molecular complexity index is 2310. The van der Waals surface area contributed by atoms with Crippen LogP contribution in [-0.2, 0) is 30.6 Å². The van der Waals surface area contributed by atoms with Gasteiger partial charge in [-0.05, 0) is 76.6 Å². The zero-order valence-corrected chi connectivity index (χ0v) is 36.6. The largest absolute Gasteiger partial charge is 0.480 e. The van der Waals surface area contributed by atoms with E-state index in [4.69, 9.17) is 20.8 Å². The van der Waals surface area contributed by atoms with Crippen LogP contribution < -0.4 is 15.3 Å². The summed E-state index contributed by atoms with van der Waals surface area (Å²) >= 11 is 6.81. The van der Waals surface area contributed by atoms with Crippen molar-refractivity contribution in [3.63, 3.8) is 0 Å². The van der Waals surface area contributed by atoms with Crippen LogP contribution in [0.1, 0.15) is 74.5 Å². The van der Waals surface area contributed by atoms with E-state index in [0.717, 1.165) is 25.8 Å². The molecule has 0 spiro atoms. The zero-order chi connectivity index (χ0) is 42.0.